The SMILES string of the molecule is Cc1cc(-c2nc3ccc(Oc4ccccc4F)nc3o2)cc(C)c1OC(C)C(=O)O. The molecule has 0 fully saturated rings. The Morgan fingerprint density at radius 2 is 1.81 bits per heavy atom. The maximum Gasteiger partial charge on any atom is 0.344 e. The Bertz CT molecular complexity index is 1260. The van der Waals surface area contributed by atoms with Gasteiger partial charge in [0.25, 0.3) is 5.71 Å². The van der Waals surface area contributed by atoms with Crippen LogP contribution in [0.25, 0.3) is 22.7 Å². The van der Waals surface area contributed by atoms with E-state index in [0.717, 1.165) is 11.1 Å². The lowest BCUT2D eigenvalue weighted by molar-refractivity contribution is -0.144. The number of halogens is 1. The van der Waals surface area contributed by atoms with E-state index in [1.165, 1.54) is 19.1 Å². The number of ether oxygens (including phenoxy) is 2. The summed E-state index contributed by atoms with van der Waals surface area (Å²) in [5, 5.41) is 9.08. The first-order valence-electron chi connectivity index (χ1n) is 9.53. The number of oxazole rings is 1. The molecule has 31 heavy (non-hydrogen) atoms. The molecule has 158 valence electrons. The van der Waals surface area contributed by atoms with Crippen LogP contribution in [0.2, 0.25) is 0 Å². The summed E-state index contributed by atoms with van der Waals surface area (Å²) in [6.45, 7) is 5.12. The average Bonchev–Trinajstić information content (AvgIpc) is 3.15. The third kappa shape index (κ3) is 4.18. The van der Waals surface area contributed by atoms with E-state index >= 15 is 0 Å². The van der Waals surface area contributed by atoms with Crippen molar-refractivity contribution >= 4 is 17.2 Å². The molecule has 0 saturated carbocycles. The number of carbonyl (C=O) groups is 1. The van der Waals surface area contributed by atoms with Gasteiger partial charge in [-0.15, -0.1) is 0 Å². The lowest BCUT2D eigenvalue weighted by Crippen LogP contribution is -2.23. The Labute approximate surface area is 177 Å². The van der Waals surface area contributed by atoms with Crippen LogP contribution in [0.5, 0.6) is 17.4 Å². The number of hydrogen-bond acceptors (Lipinski definition) is 6. The van der Waals surface area contributed by atoms with Gasteiger partial charge in [-0.25, -0.2) is 14.2 Å². The fourth-order valence-electron chi connectivity index (χ4n) is 3.11. The van der Waals surface area contributed by atoms with Crippen molar-refractivity contribution in [3.8, 4) is 28.8 Å². The van der Waals surface area contributed by atoms with Crippen LogP contribution in [0.15, 0.2) is 52.9 Å². The molecule has 0 aliphatic heterocycles. The second kappa shape index (κ2) is 8.06. The number of para-hydroxylation sites is 1. The monoisotopic (exact) mass is 422 g/mol. The number of pyridine rings is 1. The summed E-state index contributed by atoms with van der Waals surface area (Å²) in [5.41, 5.74) is 2.97. The predicted octanol–water partition coefficient (Wildman–Crippen LogP) is 5.29. The second-order valence-corrected chi connectivity index (χ2v) is 7.06. The van der Waals surface area contributed by atoms with E-state index < -0.39 is 17.9 Å². The number of aromatic nitrogens is 2. The minimum Gasteiger partial charge on any atom is -0.479 e. The summed E-state index contributed by atoms with van der Waals surface area (Å²) in [7, 11) is 0. The highest BCUT2D eigenvalue weighted by atomic mass is 19.1. The Morgan fingerprint density at radius 1 is 1.10 bits per heavy atom. The van der Waals surface area contributed by atoms with E-state index in [-0.39, 0.29) is 17.3 Å². The molecule has 2 aromatic heterocycles. The van der Waals surface area contributed by atoms with Gasteiger partial charge in [-0.2, -0.15) is 4.98 Å². The van der Waals surface area contributed by atoms with E-state index in [1.54, 1.807) is 36.4 Å². The summed E-state index contributed by atoms with van der Waals surface area (Å²) in [6.07, 6.45) is -0.968. The Morgan fingerprint density at radius 3 is 2.48 bits per heavy atom. The van der Waals surface area contributed by atoms with Crippen molar-refractivity contribution in [3.05, 3.63) is 65.5 Å². The van der Waals surface area contributed by atoms with Gasteiger partial charge < -0.3 is 19.0 Å². The van der Waals surface area contributed by atoms with Crippen LogP contribution < -0.4 is 9.47 Å². The number of aliphatic carboxylic acids is 1. The molecule has 1 atom stereocenters. The van der Waals surface area contributed by atoms with Gasteiger partial charge in [0.05, 0.1) is 0 Å². The zero-order valence-electron chi connectivity index (χ0n) is 17.0. The van der Waals surface area contributed by atoms with Gasteiger partial charge in [-0.3, -0.25) is 0 Å². The molecule has 2 heterocycles. The molecular weight excluding hydrogens is 403 g/mol. The maximum atomic E-state index is 13.8. The first kappa shape index (κ1) is 20.3. The summed E-state index contributed by atoms with van der Waals surface area (Å²) in [5.74, 6) is -0.442. The van der Waals surface area contributed by atoms with Crippen molar-refractivity contribution in [2.75, 3.05) is 0 Å². The molecule has 0 radical (unpaired) electrons. The highest BCUT2D eigenvalue weighted by molar-refractivity contribution is 5.74. The fourth-order valence-corrected chi connectivity index (χ4v) is 3.11. The molecule has 0 spiro atoms. The molecule has 0 bridgehead atoms. The Balaban J connectivity index is 1.64. The molecule has 2 aromatic carbocycles. The van der Waals surface area contributed by atoms with Gasteiger partial charge in [0, 0.05) is 11.6 Å². The largest absolute Gasteiger partial charge is 0.479 e. The van der Waals surface area contributed by atoms with Gasteiger partial charge in [0.1, 0.15) is 11.3 Å². The predicted molar refractivity (Wildman–Crippen MR) is 111 cm³/mol. The fraction of sp³-hybridized carbons (Fsp3) is 0.174. The lowest BCUT2D eigenvalue weighted by Gasteiger charge is -2.16. The number of benzene rings is 2. The summed E-state index contributed by atoms with van der Waals surface area (Å²) < 4.78 is 30.7. The van der Waals surface area contributed by atoms with Crippen molar-refractivity contribution in [2.45, 2.75) is 26.9 Å². The van der Waals surface area contributed by atoms with Crippen LogP contribution in [0.1, 0.15) is 18.1 Å². The topological polar surface area (TPSA) is 94.7 Å². The van der Waals surface area contributed by atoms with Crippen LogP contribution in [-0.2, 0) is 4.79 Å². The number of hydrogen-bond donors (Lipinski definition) is 1. The van der Waals surface area contributed by atoms with Crippen LogP contribution in [-0.4, -0.2) is 27.1 Å². The summed E-state index contributed by atoms with van der Waals surface area (Å²) in [4.78, 5) is 19.8. The first-order chi connectivity index (χ1) is 14.8. The van der Waals surface area contributed by atoms with E-state index in [1.807, 2.05) is 13.8 Å². The van der Waals surface area contributed by atoms with Gasteiger partial charge in [0.2, 0.25) is 11.8 Å². The molecule has 8 heteroatoms. The summed E-state index contributed by atoms with van der Waals surface area (Å²) >= 11 is 0. The van der Waals surface area contributed by atoms with E-state index in [9.17, 15) is 9.18 Å². The quantitative estimate of drug-likeness (QED) is 0.451. The van der Waals surface area contributed by atoms with Crippen molar-refractivity contribution < 1.29 is 28.2 Å². The van der Waals surface area contributed by atoms with Gasteiger partial charge >= 0.3 is 5.97 Å². The maximum absolute atomic E-state index is 13.8. The number of carboxylic acids is 1. The van der Waals surface area contributed by atoms with Gasteiger partial charge in [-0.05, 0) is 62.2 Å². The molecule has 1 unspecified atom stereocenters. The molecular formula is C23H19FN2O5. The number of aryl methyl sites for hydroxylation is 2. The minimum absolute atomic E-state index is 0.0616. The van der Waals surface area contributed by atoms with Crippen molar-refractivity contribution in [1.82, 2.24) is 9.97 Å². The normalized spacial score (nSPS) is 12.0. The standard InChI is InChI=1S/C23H19FN2O5/c1-12-10-15(11-13(2)20(12)29-14(3)23(27)28)21-25-17-8-9-19(26-22(17)31-21)30-18-7-5-4-6-16(18)24/h4-11,14H,1-3H3,(H,27,28). The van der Waals surface area contributed by atoms with Crippen molar-refractivity contribution in [2.24, 2.45) is 0 Å². The highest BCUT2D eigenvalue weighted by Gasteiger charge is 2.18. The summed E-state index contributed by atoms with van der Waals surface area (Å²) in [6, 6.07) is 12.9. The zero-order valence-corrected chi connectivity index (χ0v) is 17.0. The second-order valence-electron chi connectivity index (χ2n) is 7.06. The van der Waals surface area contributed by atoms with Crippen molar-refractivity contribution in [3.63, 3.8) is 0 Å². The Hall–Kier alpha value is -3.94. The number of carboxylic acid groups (broad SMARTS) is 1. The van der Waals surface area contributed by atoms with E-state index in [2.05, 4.69) is 9.97 Å². The minimum atomic E-state index is -1.04. The van der Waals surface area contributed by atoms with Gasteiger partial charge in [-0.1, -0.05) is 12.1 Å². The molecule has 7 nitrogen and oxygen atoms in total. The molecule has 0 aliphatic carbocycles. The van der Waals surface area contributed by atoms with Crippen molar-refractivity contribution in [1.29, 1.82) is 0 Å². The van der Waals surface area contributed by atoms with Crippen LogP contribution in [0.4, 0.5) is 4.39 Å². The molecule has 0 aliphatic rings. The average molecular weight is 422 g/mol. The smallest absolute Gasteiger partial charge is 0.344 e. The van der Waals surface area contributed by atoms with Crippen LogP contribution >= 0.6 is 0 Å². The number of nitrogens with zero attached hydrogens (tertiary/aromatic N) is 2. The number of fused-ring (bicyclic) bond motifs is 1. The molecule has 4 aromatic rings. The third-order valence-corrected chi connectivity index (χ3v) is 4.63. The van der Waals surface area contributed by atoms with Crippen LogP contribution in [0.3, 0.4) is 0 Å². The van der Waals surface area contributed by atoms with Gasteiger partial charge in [0.15, 0.2) is 17.7 Å². The Kier molecular flexibility index (Phi) is 5.29. The molecule has 1 N–H and O–H groups in total. The van der Waals surface area contributed by atoms with E-state index in [4.69, 9.17) is 19.0 Å². The lowest BCUT2D eigenvalue weighted by atomic mass is 10.1. The van der Waals surface area contributed by atoms with E-state index in [0.29, 0.717) is 22.7 Å². The highest BCUT2D eigenvalue weighted by Crippen LogP contribution is 2.32. The third-order valence-electron chi connectivity index (χ3n) is 4.63. The molecule has 4 rings (SSSR count). The number of rotatable bonds is 6. The van der Waals surface area contributed by atoms with Crippen LogP contribution in [0, 0.1) is 19.7 Å². The zero-order chi connectivity index (χ0) is 22.1. The molecule has 0 saturated heterocycles. The first-order valence-corrected chi connectivity index (χ1v) is 9.53. The molecule has 0 amide bonds.